The molecule has 1 atom stereocenters. The third-order valence-corrected chi connectivity index (χ3v) is 10.7. The maximum atomic E-state index is 12.3. The molecular formula is C55H96O4. The van der Waals surface area contributed by atoms with Gasteiger partial charge in [0.05, 0.1) is 13.2 Å². The second-order valence-electron chi connectivity index (χ2n) is 16.5. The van der Waals surface area contributed by atoms with E-state index in [1.165, 1.54) is 154 Å². The fourth-order valence-electron chi connectivity index (χ4n) is 6.97. The summed E-state index contributed by atoms with van der Waals surface area (Å²) in [6.07, 6.45) is 72.4. The van der Waals surface area contributed by atoms with E-state index in [-0.39, 0.29) is 19.2 Å². The molecule has 340 valence electrons. The van der Waals surface area contributed by atoms with Crippen LogP contribution in [0.4, 0.5) is 0 Å². The van der Waals surface area contributed by atoms with E-state index in [9.17, 15) is 9.90 Å². The number of allylic oxidation sites excluding steroid dienone is 14. The smallest absolute Gasteiger partial charge is 0.306 e. The number of aliphatic hydroxyl groups excluding tert-OH is 1. The van der Waals surface area contributed by atoms with E-state index >= 15 is 0 Å². The maximum absolute atomic E-state index is 12.3. The van der Waals surface area contributed by atoms with Gasteiger partial charge in [0.25, 0.3) is 0 Å². The Morgan fingerprint density at radius 3 is 1.15 bits per heavy atom. The zero-order valence-electron chi connectivity index (χ0n) is 39.0. The summed E-state index contributed by atoms with van der Waals surface area (Å²) in [6, 6.07) is 0. The first-order valence-electron chi connectivity index (χ1n) is 25.2. The molecule has 0 saturated heterocycles. The number of rotatable bonds is 46. The summed E-state index contributed by atoms with van der Waals surface area (Å²) in [4.78, 5) is 12.3. The molecule has 0 bridgehead atoms. The summed E-state index contributed by atoms with van der Waals surface area (Å²) in [6.45, 7) is 5.21. The topological polar surface area (TPSA) is 55.8 Å². The molecular weight excluding hydrogens is 725 g/mol. The number of hydrogen-bond donors (Lipinski definition) is 1. The highest BCUT2D eigenvalue weighted by atomic mass is 16.6. The quantitative estimate of drug-likeness (QED) is 0.0378. The molecule has 0 aromatic rings. The van der Waals surface area contributed by atoms with Gasteiger partial charge in [-0.25, -0.2) is 0 Å². The van der Waals surface area contributed by atoms with Gasteiger partial charge in [0, 0.05) is 13.0 Å². The maximum Gasteiger partial charge on any atom is 0.306 e. The van der Waals surface area contributed by atoms with E-state index in [1.54, 1.807) is 0 Å². The lowest BCUT2D eigenvalue weighted by molar-refractivity contribution is -0.154. The summed E-state index contributed by atoms with van der Waals surface area (Å²) in [7, 11) is 0. The summed E-state index contributed by atoms with van der Waals surface area (Å²) < 4.78 is 11.2. The molecule has 0 amide bonds. The van der Waals surface area contributed by atoms with Crippen LogP contribution in [0.2, 0.25) is 0 Å². The Labute approximate surface area is 367 Å². The number of carbonyl (C=O) groups excluding carboxylic acids is 1. The van der Waals surface area contributed by atoms with Crippen LogP contribution in [0, 0.1) is 0 Å². The second kappa shape index (κ2) is 51.7. The Kier molecular flexibility index (Phi) is 49.6. The van der Waals surface area contributed by atoms with Gasteiger partial charge in [-0.3, -0.25) is 4.79 Å². The predicted octanol–water partition coefficient (Wildman–Crippen LogP) is 17.1. The lowest BCUT2D eigenvalue weighted by atomic mass is 10.1. The molecule has 0 saturated carbocycles. The molecule has 1 N–H and O–H groups in total. The number of unbranched alkanes of at least 4 members (excludes halogenated alkanes) is 24. The van der Waals surface area contributed by atoms with Crippen LogP contribution in [0.25, 0.3) is 0 Å². The Bertz CT molecular complexity index is 1050. The lowest BCUT2D eigenvalue weighted by Gasteiger charge is -2.16. The second-order valence-corrected chi connectivity index (χ2v) is 16.5. The van der Waals surface area contributed by atoms with Gasteiger partial charge >= 0.3 is 5.97 Å². The number of aliphatic hydroxyl groups is 1. The van der Waals surface area contributed by atoms with Gasteiger partial charge < -0.3 is 14.6 Å². The van der Waals surface area contributed by atoms with Crippen LogP contribution in [-0.4, -0.2) is 37.0 Å². The summed E-state index contributed by atoms with van der Waals surface area (Å²) >= 11 is 0. The molecule has 0 aromatic carbocycles. The predicted molar refractivity (Wildman–Crippen MR) is 260 cm³/mol. The van der Waals surface area contributed by atoms with Crippen molar-refractivity contribution in [1.82, 2.24) is 0 Å². The van der Waals surface area contributed by atoms with Crippen molar-refractivity contribution < 1.29 is 19.4 Å². The van der Waals surface area contributed by atoms with E-state index in [1.807, 2.05) is 0 Å². The van der Waals surface area contributed by atoms with Crippen LogP contribution < -0.4 is 0 Å². The van der Waals surface area contributed by atoms with Crippen molar-refractivity contribution in [3.05, 3.63) is 85.1 Å². The summed E-state index contributed by atoms with van der Waals surface area (Å²) in [5.41, 5.74) is 0. The Hall–Kier alpha value is -2.43. The van der Waals surface area contributed by atoms with Crippen LogP contribution in [-0.2, 0) is 14.3 Å². The fourth-order valence-corrected chi connectivity index (χ4v) is 6.97. The third-order valence-electron chi connectivity index (χ3n) is 10.7. The third kappa shape index (κ3) is 49.8. The van der Waals surface area contributed by atoms with Crippen molar-refractivity contribution in [2.45, 2.75) is 238 Å². The minimum Gasteiger partial charge on any atom is -0.457 e. The van der Waals surface area contributed by atoms with Gasteiger partial charge in [0.15, 0.2) is 0 Å². The first kappa shape index (κ1) is 56.6. The average Bonchev–Trinajstić information content (AvgIpc) is 3.24. The minimum atomic E-state index is -0.546. The number of ether oxygens (including phenoxy) is 2. The van der Waals surface area contributed by atoms with Gasteiger partial charge in [-0.2, -0.15) is 0 Å². The normalized spacial score (nSPS) is 13.1. The molecule has 0 rings (SSSR count). The van der Waals surface area contributed by atoms with Crippen molar-refractivity contribution >= 4 is 5.97 Å². The van der Waals surface area contributed by atoms with E-state index in [2.05, 4.69) is 98.9 Å². The van der Waals surface area contributed by atoms with Crippen molar-refractivity contribution in [2.75, 3.05) is 19.8 Å². The first-order chi connectivity index (χ1) is 29.2. The highest BCUT2D eigenvalue weighted by Gasteiger charge is 2.13. The van der Waals surface area contributed by atoms with E-state index in [0.29, 0.717) is 13.0 Å². The monoisotopic (exact) mass is 821 g/mol. The molecule has 0 aliphatic carbocycles. The molecule has 0 spiro atoms. The Morgan fingerprint density at radius 1 is 0.424 bits per heavy atom. The van der Waals surface area contributed by atoms with Gasteiger partial charge in [0.2, 0.25) is 0 Å². The van der Waals surface area contributed by atoms with Crippen LogP contribution in [0.15, 0.2) is 85.1 Å². The standard InChI is InChI=1S/C55H96O4/c1-3-5-7-9-11-13-15-17-19-21-23-25-26-27-28-29-31-33-35-37-39-41-43-45-47-49-51-58-53-54(52-56)59-55(57)50-48-46-44-42-40-38-36-34-32-30-24-22-20-18-16-14-12-10-8-6-4-2/h6,8,12,14-15,17-18,20-21,23-24,26-27,30,54,56H,3-5,7,9-11,13,16,19,22,25,28-29,31-53H2,1-2H3/b8-6-,14-12-,17-15-,20-18-,23-21-,27-26-,30-24-. The van der Waals surface area contributed by atoms with E-state index in [4.69, 9.17) is 9.47 Å². The summed E-state index contributed by atoms with van der Waals surface area (Å²) in [5.74, 6) is -0.211. The highest BCUT2D eigenvalue weighted by Crippen LogP contribution is 2.14. The molecule has 0 aliphatic heterocycles. The van der Waals surface area contributed by atoms with Gasteiger partial charge in [-0.1, -0.05) is 221 Å². The molecule has 1 unspecified atom stereocenters. The van der Waals surface area contributed by atoms with E-state index < -0.39 is 6.10 Å². The van der Waals surface area contributed by atoms with Gasteiger partial charge in [0.1, 0.15) is 6.10 Å². The first-order valence-corrected chi connectivity index (χ1v) is 25.2. The molecule has 59 heavy (non-hydrogen) atoms. The molecule has 4 nitrogen and oxygen atoms in total. The zero-order valence-corrected chi connectivity index (χ0v) is 39.0. The number of hydrogen-bond acceptors (Lipinski definition) is 4. The van der Waals surface area contributed by atoms with Gasteiger partial charge in [-0.15, -0.1) is 0 Å². The van der Waals surface area contributed by atoms with Crippen LogP contribution in [0.3, 0.4) is 0 Å². The fraction of sp³-hybridized carbons (Fsp3) is 0.727. The number of carbonyl (C=O) groups is 1. The molecule has 0 fully saturated rings. The van der Waals surface area contributed by atoms with Crippen molar-refractivity contribution in [1.29, 1.82) is 0 Å². The SMILES string of the molecule is CC/C=C\C/C=C\C/C=C\C/C=C\CCCCCCCCCCC(=O)OC(CO)COCCCCCCCCCCCCC/C=C\C/C=C\C/C=C\CCCCCCC. The molecule has 4 heteroatoms. The summed E-state index contributed by atoms with van der Waals surface area (Å²) in [5, 5.41) is 9.65. The van der Waals surface area contributed by atoms with Crippen molar-refractivity contribution in [2.24, 2.45) is 0 Å². The average molecular weight is 821 g/mol. The largest absolute Gasteiger partial charge is 0.457 e. The zero-order chi connectivity index (χ0) is 42.6. The minimum absolute atomic E-state index is 0.180. The van der Waals surface area contributed by atoms with Crippen LogP contribution in [0.5, 0.6) is 0 Å². The number of esters is 1. The highest BCUT2D eigenvalue weighted by molar-refractivity contribution is 5.69. The Morgan fingerprint density at radius 2 is 0.763 bits per heavy atom. The molecule has 0 radical (unpaired) electrons. The van der Waals surface area contributed by atoms with Crippen molar-refractivity contribution in [3.63, 3.8) is 0 Å². The van der Waals surface area contributed by atoms with Crippen molar-refractivity contribution in [3.8, 4) is 0 Å². The van der Waals surface area contributed by atoms with Crippen LogP contribution in [0.1, 0.15) is 232 Å². The van der Waals surface area contributed by atoms with E-state index in [0.717, 1.165) is 57.8 Å². The molecule has 0 aliphatic rings. The lowest BCUT2D eigenvalue weighted by Crippen LogP contribution is -2.27. The molecule has 0 heterocycles. The van der Waals surface area contributed by atoms with Gasteiger partial charge in [-0.05, 0) is 89.9 Å². The van der Waals surface area contributed by atoms with Crippen LogP contribution >= 0.6 is 0 Å². The Balaban J connectivity index is 3.45. The molecule has 0 aromatic heterocycles.